The van der Waals surface area contributed by atoms with Crippen molar-refractivity contribution in [1.82, 2.24) is 4.98 Å². The fourth-order valence-corrected chi connectivity index (χ4v) is 2.25. The van der Waals surface area contributed by atoms with Gasteiger partial charge in [-0.25, -0.2) is 4.79 Å². The predicted molar refractivity (Wildman–Crippen MR) is 64.2 cm³/mol. The van der Waals surface area contributed by atoms with E-state index in [1.54, 1.807) is 6.92 Å². The Kier molecular flexibility index (Phi) is 3.31. The first kappa shape index (κ1) is 11.9. The van der Waals surface area contributed by atoms with Crippen LogP contribution < -0.4 is 5.43 Å². The number of aryl methyl sites for hydroxylation is 1. The molecule has 4 heteroatoms. The topological polar surface area (TPSA) is 59.2 Å². The van der Waals surface area contributed by atoms with Gasteiger partial charge in [0.1, 0.15) is 5.56 Å². The molecule has 2 rings (SSSR count). The molecule has 1 N–H and O–H groups in total. The summed E-state index contributed by atoms with van der Waals surface area (Å²) in [4.78, 5) is 26.8. The van der Waals surface area contributed by atoms with Gasteiger partial charge in [-0.15, -0.1) is 0 Å². The number of fused-ring (bicyclic) bond motifs is 1. The summed E-state index contributed by atoms with van der Waals surface area (Å²) in [6, 6.07) is 0. The lowest BCUT2D eigenvalue weighted by molar-refractivity contribution is 0.0524. The van der Waals surface area contributed by atoms with E-state index in [0.29, 0.717) is 5.92 Å². The van der Waals surface area contributed by atoms with Gasteiger partial charge >= 0.3 is 5.97 Å². The minimum absolute atomic E-state index is 0.125. The Morgan fingerprint density at radius 1 is 1.59 bits per heavy atom. The van der Waals surface area contributed by atoms with Crippen LogP contribution in [0.4, 0.5) is 0 Å². The van der Waals surface area contributed by atoms with E-state index in [1.807, 2.05) is 0 Å². The second-order valence-corrected chi connectivity index (χ2v) is 4.56. The van der Waals surface area contributed by atoms with Crippen LogP contribution in [0.15, 0.2) is 11.0 Å². The molecule has 17 heavy (non-hydrogen) atoms. The average Bonchev–Trinajstić information content (AvgIpc) is 2.30. The molecular formula is C13H17NO3. The molecule has 4 nitrogen and oxygen atoms in total. The molecule has 0 bridgehead atoms. The highest BCUT2D eigenvalue weighted by atomic mass is 16.5. The fraction of sp³-hybridized carbons (Fsp3) is 0.538. The molecule has 1 aliphatic carbocycles. The van der Waals surface area contributed by atoms with Gasteiger partial charge in [-0.05, 0) is 32.1 Å². The van der Waals surface area contributed by atoms with Crippen molar-refractivity contribution in [1.29, 1.82) is 0 Å². The zero-order chi connectivity index (χ0) is 12.4. The summed E-state index contributed by atoms with van der Waals surface area (Å²) < 4.78 is 4.87. The van der Waals surface area contributed by atoms with Crippen LogP contribution >= 0.6 is 0 Å². The molecule has 0 aromatic carbocycles. The maximum atomic E-state index is 12.2. The lowest BCUT2D eigenvalue weighted by atomic mass is 9.87. The second kappa shape index (κ2) is 4.73. The van der Waals surface area contributed by atoms with E-state index >= 15 is 0 Å². The first-order chi connectivity index (χ1) is 8.13. The Balaban J connectivity index is 2.42. The molecule has 0 amide bonds. The normalized spacial score (nSPS) is 18.6. The van der Waals surface area contributed by atoms with Gasteiger partial charge in [0.05, 0.1) is 6.61 Å². The Labute approximate surface area is 100 Å². The molecule has 0 saturated carbocycles. The number of aromatic nitrogens is 1. The Bertz CT molecular complexity index is 490. The molecular weight excluding hydrogens is 218 g/mol. The van der Waals surface area contributed by atoms with E-state index in [1.165, 1.54) is 6.20 Å². The minimum atomic E-state index is -0.533. The van der Waals surface area contributed by atoms with Gasteiger partial charge in [0, 0.05) is 17.5 Å². The van der Waals surface area contributed by atoms with Gasteiger partial charge in [-0.3, -0.25) is 4.79 Å². The van der Waals surface area contributed by atoms with E-state index in [0.717, 1.165) is 30.5 Å². The first-order valence-corrected chi connectivity index (χ1v) is 6.04. The Hall–Kier alpha value is -1.58. The molecule has 1 unspecified atom stereocenters. The van der Waals surface area contributed by atoms with E-state index in [4.69, 9.17) is 4.74 Å². The highest BCUT2D eigenvalue weighted by Gasteiger charge is 2.22. The summed E-state index contributed by atoms with van der Waals surface area (Å²) in [6.45, 7) is 4.14. The smallest absolute Gasteiger partial charge is 0.343 e. The fourth-order valence-electron chi connectivity index (χ4n) is 2.25. The molecule has 1 heterocycles. The maximum absolute atomic E-state index is 12.2. The van der Waals surface area contributed by atoms with Crippen molar-refractivity contribution in [3.05, 3.63) is 33.2 Å². The second-order valence-electron chi connectivity index (χ2n) is 4.56. The number of aromatic amines is 1. The van der Waals surface area contributed by atoms with Gasteiger partial charge in [0.15, 0.2) is 5.43 Å². The molecule has 0 saturated heterocycles. The number of hydrogen-bond donors (Lipinski definition) is 1. The van der Waals surface area contributed by atoms with Crippen molar-refractivity contribution in [2.45, 2.75) is 33.1 Å². The van der Waals surface area contributed by atoms with Crippen molar-refractivity contribution < 1.29 is 9.53 Å². The van der Waals surface area contributed by atoms with E-state index in [-0.39, 0.29) is 17.6 Å². The van der Waals surface area contributed by atoms with Crippen molar-refractivity contribution in [2.24, 2.45) is 5.92 Å². The third-order valence-corrected chi connectivity index (χ3v) is 3.21. The lowest BCUT2D eigenvalue weighted by Gasteiger charge is -2.20. The number of esters is 1. The Morgan fingerprint density at radius 3 is 3.06 bits per heavy atom. The molecule has 0 aliphatic heterocycles. The third kappa shape index (κ3) is 2.25. The maximum Gasteiger partial charge on any atom is 0.343 e. The van der Waals surface area contributed by atoms with Crippen molar-refractivity contribution >= 4 is 5.97 Å². The van der Waals surface area contributed by atoms with Crippen LogP contribution in [0.3, 0.4) is 0 Å². The summed E-state index contributed by atoms with van der Waals surface area (Å²) in [7, 11) is 0. The molecule has 1 atom stereocenters. The molecule has 0 radical (unpaired) electrons. The van der Waals surface area contributed by atoms with E-state index < -0.39 is 5.97 Å². The van der Waals surface area contributed by atoms with Crippen LogP contribution in [0.25, 0.3) is 0 Å². The van der Waals surface area contributed by atoms with E-state index in [9.17, 15) is 9.59 Å². The SMILES string of the molecule is CCOC(=O)c1c[nH]c2c(c1=O)CC(C)CC2. The summed E-state index contributed by atoms with van der Waals surface area (Å²) in [6.07, 6.45) is 4.20. The number of ether oxygens (including phenoxy) is 1. The number of carbonyl (C=O) groups is 1. The van der Waals surface area contributed by atoms with Gasteiger partial charge in [0.2, 0.25) is 0 Å². The van der Waals surface area contributed by atoms with Gasteiger partial charge in [-0.1, -0.05) is 6.92 Å². The number of hydrogen-bond acceptors (Lipinski definition) is 3. The minimum Gasteiger partial charge on any atom is -0.462 e. The van der Waals surface area contributed by atoms with Gasteiger partial charge < -0.3 is 9.72 Å². The average molecular weight is 235 g/mol. The largest absolute Gasteiger partial charge is 0.462 e. The molecule has 1 aromatic rings. The Morgan fingerprint density at radius 2 is 2.35 bits per heavy atom. The summed E-state index contributed by atoms with van der Waals surface area (Å²) in [5.41, 5.74) is 1.69. The predicted octanol–water partition coefficient (Wildman–Crippen LogP) is 1.68. The van der Waals surface area contributed by atoms with Crippen molar-refractivity contribution in [2.75, 3.05) is 6.61 Å². The van der Waals surface area contributed by atoms with Crippen LogP contribution in [-0.4, -0.2) is 17.6 Å². The number of rotatable bonds is 2. The third-order valence-electron chi connectivity index (χ3n) is 3.21. The van der Waals surface area contributed by atoms with Crippen LogP contribution in [0.1, 0.15) is 41.9 Å². The first-order valence-electron chi connectivity index (χ1n) is 6.04. The van der Waals surface area contributed by atoms with Crippen molar-refractivity contribution in [3.8, 4) is 0 Å². The molecule has 92 valence electrons. The van der Waals surface area contributed by atoms with Crippen LogP contribution in [-0.2, 0) is 17.6 Å². The van der Waals surface area contributed by atoms with Crippen LogP contribution in [0.5, 0.6) is 0 Å². The monoisotopic (exact) mass is 235 g/mol. The quantitative estimate of drug-likeness (QED) is 0.793. The summed E-state index contributed by atoms with van der Waals surface area (Å²) in [5, 5.41) is 0. The highest BCUT2D eigenvalue weighted by Crippen LogP contribution is 2.21. The summed E-state index contributed by atoms with van der Waals surface area (Å²) in [5.74, 6) is -0.0316. The number of nitrogens with one attached hydrogen (secondary N) is 1. The zero-order valence-corrected chi connectivity index (χ0v) is 10.2. The number of carbonyl (C=O) groups excluding carboxylic acids is 1. The summed E-state index contributed by atoms with van der Waals surface area (Å²) >= 11 is 0. The molecule has 1 aromatic heterocycles. The van der Waals surface area contributed by atoms with Gasteiger partial charge in [0.25, 0.3) is 0 Å². The van der Waals surface area contributed by atoms with E-state index in [2.05, 4.69) is 11.9 Å². The molecule has 0 spiro atoms. The lowest BCUT2D eigenvalue weighted by Crippen LogP contribution is -2.27. The van der Waals surface area contributed by atoms with Gasteiger partial charge in [-0.2, -0.15) is 0 Å². The number of pyridine rings is 1. The number of H-pyrrole nitrogens is 1. The van der Waals surface area contributed by atoms with Crippen molar-refractivity contribution in [3.63, 3.8) is 0 Å². The zero-order valence-electron chi connectivity index (χ0n) is 10.2. The van der Waals surface area contributed by atoms with Crippen LogP contribution in [0.2, 0.25) is 0 Å². The molecule has 1 aliphatic rings. The molecule has 0 fully saturated rings. The highest BCUT2D eigenvalue weighted by molar-refractivity contribution is 5.89. The standard InChI is InChI=1S/C13H17NO3/c1-3-17-13(16)10-7-14-11-5-4-8(2)6-9(11)12(10)15/h7-8H,3-6H2,1-2H3,(H,14,15). The van der Waals surface area contributed by atoms with Crippen LogP contribution in [0, 0.1) is 5.92 Å².